The quantitative estimate of drug-likeness (QED) is 0.632. The van der Waals surface area contributed by atoms with Crippen molar-refractivity contribution in [1.82, 2.24) is 19.9 Å². The van der Waals surface area contributed by atoms with Crippen LogP contribution in [0.4, 0.5) is 0 Å². The van der Waals surface area contributed by atoms with Gasteiger partial charge in [-0.1, -0.05) is 41.6 Å². The van der Waals surface area contributed by atoms with Gasteiger partial charge in [0.15, 0.2) is 6.61 Å². The molecule has 2 aromatic carbocycles. The Balaban J connectivity index is 1.23. The molecule has 0 spiro atoms. The number of amides is 1. The Kier molecular flexibility index (Phi) is 5.23. The fourth-order valence-corrected chi connectivity index (χ4v) is 3.01. The first kappa shape index (κ1) is 18.0. The molecular weight excluding hydrogens is 356 g/mol. The summed E-state index contributed by atoms with van der Waals surface area (Å²) in [5.41, 5.74) is 1.78. The number of para-hydroxylation sites is 2. The van der Waals surface area contributed by atoms with Crippen molar-refractivity contribution in [2.45, 2.75) is 19.6 Å². The minimum Gasteiger partial charge on any atom is -0.487 e. The second-order valence-corrected chi connectivity index (χ2v) is 6.80. The summed E-state index contributed by atoms with van der Waals surface area (Å²) in [4.78, 5) is 14.1. The van der Waals surface area contributed by atoms with Crippen LogP contribution in [0, 0.1) is 6.92 Å². The molecule has 0 aliphatic carbocycles. The van der Waals surface area contributed by atoms with Crippen molar-refractivity contribution in [2.24, 2.45) is 0 Å². The smallest absolute Gasteiger partial charge is 0.260 e. The lowest BCUT2D eigenvalue weighted by molar-refractivity contribution is -0.139. The SMILES string of the molecule is Cc1ccccc1OCC(=O)N1CC(n2cc(COc3ccccc3)nn2)C1. The highest BCUT2D eigenvalue weighted by atomic mass is 16.5. The molecule has 2 heterocycles. The fourth-order valence-electron chi connectivity index (χ4n) is 3.01. The average Bonchev–Trinajstić information content (AvgIpc) is 3.14. The van der Waals surface area contributed by atoms with E-state index in [0.29, 0.717) is 19.7 Å². The van der Waals surface area contributed by atoms with Crippen LogP contribution < -0.4 is 9.47 Å². The van der Waals surface area contributed by atoms with Gasteiger partial charge in [-0.2, -0.15) is 0 Å². The topological polar surface area (TPSA) is 69.5 Å². The van der Waals surface area contributed by atoms with E-state index in [1.807, 2.05) is 67.7 Å². The Morgan fingerprint density at radius 3 is 2.61 bits per heavy atom. The van der Waals surface area contributed by atoms with Crippen molar-refractivity contribution < 1.29 is 14.3 Å². The number of carbonyl (C=O) groups excluding carboxylic acids is 1. The first-order valence-electron chi connectivity index (χ1n) is 9.24. The van der Waals surface area contributed by atoms with Gasteiger partial charge >= 0.3 is 0 Å². The van der Waals surface area contributed by atoms with E-state index in [1.54, 1.807) is 9.58 Å². The third kappa shape index (κ3) is 4.14. The number of aromatic nitrogens is 3. The number of carbonyl (C=O) groups is 1. The summed E-state index contributed by atoms with van der Waals surface area (Å²) in [6.45, 7) is 3.59. The van der Waals surface area contributed by atoms with E-state index in [4.69, 9.17) is 9.47 Å². The summed E-state index contributed by atoms with van der Waals surface area (Å²) in [5, 5.41) is 8.32. The number of ether oxygens (including phenoxy) is 2. The number of aryl methyl sites for hydroxylation is 1. The van der Waals surface area contributed by atoms with E-state index < -0.39 is 0 Å². The second-order valence-electron chi connectivity index (χ2n) is 6.80. The summed E-state index contributed by atoms with van der Waals surface area (Å²) in [6, 6.07) is 17.4. The van der Waals surface area contributed by atoms with Gasteiger partial charge in [-0.05, 0) is 30.7 Å². The van der Waals surface area contributed by atoms with E-state index in [1.165, 1.54) is 0 Å². The maximum absolute atomic E-state index is 12.3. The van der Waals surface area contributed by atoms with E-state index >= 15 is 0 Å². The Morgan fingerprint density at radius 2 is 1.82 bits per heavy atom. The van der Waals surface area contributed by atoms with Gasteiger partial charge in [-0.25, -0.2) is 4.68 Å². The number of hydrogen-bond acceptors (Lipinski definition) is 5. The van der Waals surface area contributed by atoms with Gasteiger partial charge in [0.1, 0.15) is 23.8 Å². The van der Waals surface area contributed by atoms with Crippen molar-refractivity contribution in [2.75, 3.05) is 19.7 Å². The molecule has 0 N–H and O–H groups in total. The van der Waals surface area contributed by atoms with Gasteiger partial charge in [0, 0.05) is 13.1 Å². The Labute approximate surface area is 163 Å². The monoisotopic (exact) mass is 378 g/mol. The van der Waals surface area contributed by atoms with Crippen molar-refractivity contribution in [3.8, 4) is 11.5 Å². The fraction of sp³-hybridized carbons (Fsp3) is 0.286. The molecule has 144 valence electrons. The van der Waals surface area contributed by atoms with Gasteiger partial charge in [0.05, 0.1) is 12.2 Å². The van der Waals surface area contributed by atoms with Crippen LogP contribution in [-0.4, -0.2) is 45.5 Å². The first-order chi connectivity index (χ1) is 13.7. The molecule has 1 aliphatic rings. The zero-order valence-electron chi connectivity index (χ0n) is 15.7. The Morgan fingerprint density at radius 1 is 1.07 bits per heavy atom. The molecule has 0 radical (unpaired) electrons. The van der Waals surface area contributed by atoms with Gasteiger partial charge in [-0.3, -0.25) is 4.79 Å². The molecule has 0 atom stereocenters. The van der Waals surface area contributed by atoms with E-state index in [0.717, 1.165) is 22.8 Å². The highest BCUT2D eigenvalue weighted by molar-refractivity contribution is 5.78. The van der Waals surface area contributed by atoms with Crippen molar-refractivity contribution in [3.05, 3.63) is 72.1 Å². The van der Waals surface area contributed by atoms with Gasteiger partial charge < -0.3 is 14.4 Å². The molecule has 0 bridgehead atoms. The number of nitrogens with zero attached hydrogens (tertiary/aromatic N) is 4. The average molecular weight is 378 g/mol. The maximum Gasteiger partial charge on any atom is 0.260 e. The first-order valence-corrected chi connectivity index (χ1v) is 9.24. The minimum atomic E-state index is -0.0211. The number of rotatable bonds is 7. The molecule has 0 saturated carbocycles. The highest BCUT2D eigenvalue weighted by Crippen LogP contribution is 2.22. The van der Waals surface area contributed by atoms with Crippen molar-refractivity contribution in [3.63, 3.8) is 0 Å². The summed E-state index contributed by atoms with van der Waals surface area (Å²) >= 11 is 0. The Hall–Kier alpha value is -3.35. The molecule has 3 aromatic rings. The van der Waals surface area contributed by atoms with Crippen LogP contribution in [0.25, 0.3) is 0 Å². The molecular formula is C21H22N4O3. The van der Waals surface area contributed by atoms with Crippen LogP contribution in [0.15, 0.2) is 60.8 Å². The van der Waals surface area contributed by atoms with E-state index in [9.17, 15) is 4.79 Å². The van der Waals surface area contributed by atoms with Gasteiger partial charge in [-0.15, -0.1) is 5.10 Å². The molecule has 1 saturated heterocycles. The zero-order chi connectivity index (χ0) is 19.3. The molecule has 4 rings (SSSR count). The molecule has 0 unspecified atom stereocenters. The van der Waals surface area contributed by atoms with Crippen LogP contribution in [0.2, 0.25) is 0 Å². The molecule has 7 heteroatoms. The predicted molar refractivity (Wildman–Crippen MR) is 103 cm³/mol. The van der Waals surface area contributed by atoms with E-state index in [-0.39, 0.29) is 18.6 Å². The molecule has 1 amide bonds. The summed E-state index contributed by atoms with van der Waals surface area (Å²) in [7, 11) is 0. The summed E-state index contributed by atoms with van der Waals surface area (Å²) in [6.07, 6.45) is 1.87. The third-order valence-corrected chi connectivity index (χ3v) is 4.72. The molecule has 7 nitrogen and oxygen atoms in total. The predicted octanol–water partition coefficient (Wildman–Crippen LogP) is 2.63. The van der Waals surface area contributed by atoms with Gasteiger partial charge in [0.25, 0.3) is 5.91 Å². The summed E-state index contributed by atoms with van der Waals surface area (Å²) in [5.74, 6) is 1.52. The van der Waals surface area contributed by atoms with Crippen molar-refractivity contribution >= 4 is 5.91 Å². The van der Waals surface area contributed by atoms with Crippen LogP contribution in [0.5, 0.6) is 11.5 Å². The number of hydrogen-bond donors (Lipinski definition) is 0. The normalized spacial score (nSPS) is 13.8. The zero-order valence-corrected chi connectivity index (χ0v) is 15.7. The molecule has 28 heavy (non-hydrogen) atoms. The molecule has 1 fully saturated rings. The maximum atomic E-state index is 12.3. The standard InChI is InChI=1S/C21H22N4O3/c1-16-7-5-6-10-20(16)28-15-21(26)24-12-18(13-24)25-11-17(22-23-25)14-27-19-8-3-2-4-9-19/h2-11,18H,12-15H2,1H3. The van der Waals surface area contributed by atoms with Crippen LogP contribution in [0.1, 0.15) is 17.3 Å². The van der Waals surface area contributed by atoms with Crippen LogP contribution in [0.3, 0.4) is 0 Å². The Bertz CT molecular complexity index is 936. The lowest BCUT2D eigenvalue weighted by atomic mass is 10.1. The lowest BCUT2D eigenvalue weighted by Crippen LogP contribution is -2.52. The number of benzene rings is 2. The molecule has 1 aromatic heterocycles. The third-order valence-electron chi connectivity index (χ3n) is 4.72. The lowest BCUT2D eigenvalue weighted by Gasteiger charge is -2.38. The number of likely N-dealkylation sites (tertiary alicyclic amines) is 1. The molecule has 1 aliphatic heterocycles. The summed E-state index contributed by atoms with van der Waals surface area (Å²) < 4.78 is 13.1. The largest absolute Gasteiger partial charge is 0.487 e. The highest BCUT2D eigenvalue weighted by Gasteiger charge is 2.33. The van der Waals surface area contributed by atoms with Crippen LogP contribution in [-0.2, 0) is 11.4 Å². The van der Waals surface area contributed by atoms with Gasteiger partial charge in [0.2, 0.25) is 0 Å². The minimum absolute atomic E-state index is 0.0211. The second kappa shape index (κ2) is 8.12. The van der Waals surface area contributed by atoms with Crippen molar-refractivity contribution in [1.29, 1.82) is 0 Å². The van der Waals surface area contributed by atoms with E-state index in [2.05, 4.69) is 10.3 Å². The van der Waals surface area contributed by atoms with Crippen LogP contribution >= 0.6 is 0 Å².